The van der Waals surface area contributed by atoms with Crippen LogP contribution in [0.2, 0.25) is 0 Å². The third-order valence-corrected chi connectivity index (χ3v) is 3.21. The van der Waals surface area contributed by atoms with Crippen LogP contribution in [0, 0.1) is 5.82 Å². The van der Waals surface area contributed by atoms with E-state index in [0.717, 1.165) is 0 Å². The molecule has 2 aromatic rings. The first-order chi connectivity index (χ1) is 9.22. The summed E-state index contributed by atoms with van der Waals surface area (Å²) in [7, 11) is 1.52. The summed E-state index contributed by atoms with van der Waals surface area (Å²) < 4.78 is 23.3. The lowest BCUT2D eigenvalue weighted by Gasteiger charge is -2.01. The van der Waals surface area contributed by atoms with Gasteiger partial charge < -0.3 is 9.47 Å². The van der Waals surface area contributed by atoms with Gasteiger partial charge in [0.15, 0.2) is 5.69 Å². The molecule has 1 aromatic carbocycles. The van der Waals surface area contributed by atoms with Crippen LogP contribution in [-0.4, -0.2) is 31.3 Å². The zero-order chi connectivity index (χ0) is 13.7. The molecular formula is C13H12FNO3S. The lowest BCUT2D eigenvalue weighted by Crippen LogP contribution is -2.10. The average Bonchev–Trinajstić information content (AvgIpc) is 2.89. The molecule has 0 radical (unpaired) electrons. The normalized spacial score (nSPS) is 10.4. The molecule has 0 N–H and O–H groups in total. The van der Waals surface area contributed by atoms with E-state index in [4.69, 9.17) is 9.47 Å². The van der Waals surface area contributed by atoms with Gasteiger partial charge in [0.1, 0.15) is 17.4 Å². The number of rotatable bonds is 5. The number of thiazole rings is 1. The van der Waals surface area contributed by atoms with E-state index < -0.39 is 5.97 Å². The molecule has 4 nitrogen and oxygen atoms in total. The first-order valence-electron chi connectivity index (χ1n) is 5.59. The van der Waals surface area contributed by atoms with Crippen LogP contribution in [0.25, 0.3) is 10.6 Å². The van der Waals surface area contributed by atoms with Gasteiger partial charge in [-0.1, -0.05) is 12.1 Å². The molecule has 0 saturated heterocycles. The highest BCUT2D eigenvalue weighted by Crippen LogP contribution is 2.26. The fraction of sp³-hybridized carbons (Fsp3) is 0.231. The minimum absolute atomic E-state index is 0.169. The maximum Gasteiger partial charge on any atom is 0.357 e. The molecule has 1 heterocycles. The van der Waals surface area contributed by atoms with Crippen LogP contribution in [0.15, 0.2) is 29.6 Å². The van der Waals surface area contributed by atoms with Crippen molar-refractivity contribution in [2.45, 2.75) is 0 Å². The maximum atomic E-state index is 13.6. The summed E-state index contributed by atoms with van der Waals surface area (Å²) in [6.07, 6.45) is 0. The lowest BCUT2D eigenvalue weighted by molar-refractivity contribution is 0.0382. The molecule has 6 heteroatoms. The number of hydrogen-bond acceptors (Lipinski definition) is 5. The van der Waals surface area contributed by atoms with Gasteiger partial charge in [0, 0.05) is 18.1 Å². The second kappa shape index (κ2) is 6.40. The van der Waals surface area contributed by atoms with Crippen molar-refractivity contribution < 1.29 is 18.7 Å². The number of halogens is 1. The molecule has 0 atom stereocenters. The summed E-state index contributed by atoms with van der Waals surface area (Å²) in [5, 5.41) is 2.01. The van der Waals surface area contributed by atoms with Crippen molar-refractivity contribution in [3.63, 3.8) is 0 Å². The van der Waals surface area contributed by atoms with Crippen molar-refractivity contribution in [3.8, 4) is 10.6 Å². The molecule has 0 fully saturated rings. The zero-order valence-electron chi connectivity index (χ0n) is 10.3. The second-order valence-electron chi connectivity index (χ2n) is 3.65. The van der Waals surface area contributed by atoms with E-state index in [1.165, 1.54) is 24.5 Å². The monoisotopic (exact) mass is 281 g/mol. The highest BCUT2D eigenvalue weighted by Gasteiger charge is 2.14. The number of aromatic nitrogens is 1. The fourth-order valence-electron chi connectivity index (χ4n) is 1.42. The summed E-state index contributed by atoms with van der Waals surface area (Å²) in [4.78, 5) is 15.7. The van der Waals surface area contributed by atoms with Crippen LogP contribution in [0.4, 0.5) is 4.39 Å². The van der Waals surface area contributed by atoms with E-state index in [2.05, 4.69) is 4.98 Å². The average molecular weight is 281 g/mol. The largest absolute Gasteiger partial charge is 0.458 e. The molecule has 1 aromatic heterocycles. The van der Waals surface area contributed by atoms with E-state index in [9.17, 15) is 9.18 Å². The Labute approximate surface area is 113 Å². The number of methoxy groups -OCH3 is 1. The molecular weight excluding hydrogens is 269 g/mol. The molecule has 0 aliphatic heterocycles. The Morgan fingerprint density at radius 2 is 2.16 bits per heavy atom. The molecule has 0 unspecified atom stereocenters. The smallest absolute Gasteiger partial charge is 0.357 e. The van der Waals surface area contributed by atoms with Crippen molar-refractivity contribution in [1.82, 2.24) is 4.98 Å². The van der Waals surface area contributed by atoms with Gasteiger partial charge in [0.2, 0.25) is 0 Å². The van der Waals surface area contributed by atoms with Crippen LogP contribution in [0.1, 0.15) is 10.5 Å². The predicted octanol–water partition coefficient (Wildman–Crippen LogP) is 2.75. The molecule has 100 valence electrons. The molecule has 0 aliphatic rings. The van der Waals surface area contributed by atoms with Crippen LogP contribution in [-0.2, 0) is 9.47 Å². The van der Waals surface area contributed by atoms with E-state index in [0.29, 0.717) is 17.2 Å². The first-order valence-corrected chi connectivity index (χ1v) is 6.47. The Kier molecular flexibility index (Phi) is 4.59. The third kappa shape index (κ3) is 3.36. The van der Waals surface area contributed by atoms with E-state index in [1.54, 1.807) is 23.6 Å². The van der Waals surface area contributed by atoms with Gasteiger partial charge in [-0.3, -0.25) is 0 Å². The minimum Gasteiger partial charge on any atom is -0.458 e. The highest BCUT2D eigenvalue weighted by atomic mass is 32.1. The molecule has 0 amide bonds. The summed E-state index contributed by atoms with van der Waals surface area (Å²) >= 11 is 1.20. The van der Waals surface area contributed by atoms with Crippen molar-refractivity contribution in [2.24, 2.45) is 0 Å². The summed E-state index contributed by atoms with van der Waals surface area (Å²) in [5.74, 6) is -0.896. The van der Waals surface area contributed by atoms with Crippen LogP contribution in [0.5, 0.6) is 0 Å². The first kappa shape index (κ1) is 13.6. The standard InChI is InChI=1S/C13H12FNO3S/c1-17-6-7-18-13(16)11-8-19-12(15-11)9-4-2-3-5-10(9)14/h2-5,8H,6-7H2,1H3. The predicted molar refractivity (Wildman–Crippen MR) is 69.7 cm³/mol. The minimum atomic E-state index is -0.532. The van der Waals surface area contributed by atoms with Crippen LogP contribution < -0.4 is 0 Å². The lowest BCUT2D eigenvalue weighted by atomic mass is 10.2. The van der Waals surface area contributed by atoms with E-state index in [1.807, 2.05) is 0 Å². The summed E-state index contributed by atoms with van der Waals surface area (Å²) in [5.41, 5.74) is 0.558. The Hall–Kier alpha value is -1.79. The van der Waals surface area contributed by atoms with Crippen LogP contribution in [0.3, 0.4) is 0 Å². The number of ether oxygens (including phenoxy) is 2. The molecule has 2 rings (SSSR count). The van der Waals surface area contributed by atoms with Crippen LogP contribution >= 0.6 is 11.3 Å². The summed E-state index contributed by atoms with van der Waals surface area (Å²) in [6, 6.07) is 6.30. The third-order valence-electron chi connectivity index (χ3n) is 2.34. The molecule has 0 spiro atoms. The SMILES string of the molecule is COCCOC(=O)c1csc(-c2ccccc2F)n1. The van der Waals surface area contributed by atoms with E-state index >= 15 is 0 Å². The molecule has 0 bridgehead atoms. The number of benzene rings is 1. The Bertz CT molecular complexity index is 571. The highest BCUT2D eigenvalue weighted by molar-refractivity contribution is 7.13. The van der Waals surface area contributed by atoms with Crippen molar-refractivity contribution in [2.75, 3.05) is 20.3 Å². The van der Waals surface area contributed by atoms with Crippen molar-refractivity contribution >= 4 is 17.3 Å². The molecule has 19 heavy (non-hydrogen) atoms. The number of carbonyl (C=O) groups excluding carboxylic acids is 1. The van der Waals surface area contributed by atoms with E-state index in [-0.39, 0.29) is 18.1 Å². The number of hydrogen-bond donors (Lipinski definition) is 0. The number of carbonyl (C=O) groups is 1. The molecule has 0 saturated carbocycles. The number of esters is 1. The summed E-state index contributed by atoms with van der Waals surface area (Å²) in [6.45, 7) is 0.498. The van der Waals surface area contributed by atoms with Gasteiger partial charge in [0.05, 0.1) is 6.61 Å². The topological polar surface area (TPSA) is 48.4 Å². The Morgan fingerprint density at radius 1 is 1.37 bits per heavy atom. The zero-order valence-corrected chi connectivity index (χ0v) is 11.1. The maximum absolute atomic E-state index is 13.6. The second-order valence-corrected chi connectivity index (χ2v) is 4.50. The van der Waals surface area contributed by atoms with Gasteiger partial charge in [0.25, 0.3) is 0 Å². The van der Waals surface area contributed by atoms with Gasteiger partial charge in [-0.25, -0.2) is 14.2 Å². The van der Waals surface area contributed by atoms with Gasteiger partial charge in [-0.2, -0.15) is 0 Å². The van der Waals surface area contributed by atoms with Gasteiger partial charge in [-0.15, -0.1) is 11.3 Å². The Balaban J connectivity index is 2.11. The quantitative estimate of drug-likeness (QED) is 0.624. The van der Waals surface area contributed by atoms with Gasteiger partial charge in [-0.05, 0) is 12.1 Å². The van der Waals surface area contributed by atoms with Crippen molar-refractivity contribution in [3.05, 3.63) is 41.2 Å². The fourth-order valence-corrected chi connectivity index (χ4v) is 2.23. The molecule has 0 aliphatic carbocycles. The van der Waals surface area contributed by atoms with Gasteiger partial charge >= 0.3 is 5.97 Å². The van der Waals surface area contributed by atoms with Crippen molar-refractivity contribution in [1.29, 1.82) is 0 Å². The Morgan fingerprint density at radius 3 is 2.89 bits per heavy atom. The number of nitrogens with zero attached hydrogens (tertiary/aromatic N) is 1.